The van der Waals surface area contributed by atoms with Crippen LogP contribution in [0.1, 0.15) is 36.7 Å². The molecule has 2 rings (SSSR count). The van der Waals surface area contributed by atoms with Gasteiger partial charge in [-0.1, -0.05) is 12.1 Å². The van der Waals surface area contributed by atoms with Crippen LogP contribution in [0, 0.1) is 0 Å². The summed E-state index contributed by atoms with van der Waals surface area (Å²) in [6.07, 6.45) is 1.10. The Balaban J connectivity index is 2.01. The SMILES string of the molecule is CCN(c1ccc(C(=O)NCc2cccc(NS(C)(=O)=O)c2)cc1)C(C)C. The molecule has 2 N–H and O–H groups in total. The Hall–Kier alpha value is -2.54. The van der Waals surface area contributed by atoms with Crippen LogP contribution in [0.15, 0.2) is 48.5 Å². The van der Waals surface area contributed by atoms with Gasteiger partial charge in [0.25, 0.3) is 5.91 Å². The second kappa shape index (κ2) is 8.90. The fraction of sp³-hybridized carbons (Fsp3) is 0.350. The number of benzene rings is 2. The van der Waals surface area contributed by atoms with E-state index in [-0.39, 0.29) is 5.91 Å². The monoisotopic (exact) mass is 389 g/mol. The molecule has 0 aromatic heterocycles. The van der Waals surface area contributed by atoms with Gasteiger partial charge in [-0.2, -0.15) is 0 Å². The van der Waals surface area contributed by atoms with Gasteiger partial charge in [0.15, 0.2) is 0 Å². The summed E-state index contributed by atoms with van der Waals surface area (Å²) in [5.74, 6) is -0.171. The summed E-state index contributed by atoms with van der Waals surface area (Å²) >= 11 is 0. The molecule has 0 spiro atoms. The van der Waals surface area contributed by atoms with E-state index in [1.165, 1.54) is 0 Å². The molecule has 2 aromatic rings. The van der Waals surface area contributed by atoms with Gasteiger partial charge >= 0.3 is 0 Å². The van der Waals surface area contributed by atoms with Crippen molar-refractivity contribution >= 4 is 27.3 Å². The molecule has 0 aliphatic carbocycles. The van der Waals surface area contributed by atoms with Gasteiger partial charge in [-0.3, -0.25) is 9.52 Å². The highest BCUT2D eigenvalue weighted by molar-refractivity contribution is 7.92. The first kappa shape index (κ1) is 20.8. The van der Waals surface area contributed by atoms with Gasteiger partial charge in [0, 0.05) is 36.1 Å². The first-order valence-electron chi connectivity index (χ1n) is 8.91. The van der Waals surface area contributed by atoms with Crippen LogP contribution in [0.25, 0.3) is 0 Å². The third-order valence-electron chi connectivity index (χ3n) is 4.11. The van der Waals surface area contributed by atoms with E-state index in [4.69, 9.17) is 0 Å². The zero-order chi connectivity index (χ0) is 20.0. The second-order valence-electron chi connectivity index (χ2n) is 6.68. The van der Waals surface area contributed by atoms with E-state index in [0.717, 1.165) is 24.1 Å². The van der Waals surface area contributed by atoms with Crippen molar-refractivity contribution in [2.45, 2.75) is 33.4 Å². The number of amides is 1. The van der Waals surface area contributed by atoms with E-state index in [1.54, 1.807) is 18.2 Å². The van der Waals surface area contributed by atoms with E-state index < -0.39 is 10.0 Å². The Morgan fingerprint density at radius 3 is 2.33 bits per heavy atom. The lowest BCUT2D eigenvalue weighted by Crippen LogP contribution is -2.30. The standard InChI is InChI=1S/C20H27N3O3S/c1-5-23(15(2)3)19-11-9-17(10-12-19)20(24)21-14-16-7-6-8-18(13-16)22-27(4,25)26/h6-13,15,22H,5,14H2,1-4H3,(H,21,24). The summed E-state index contributed by atoms with van der Waals surface area (Å²) < 4.78 is 25.1. The maximum Gasteiger partial charge on any atom is 0.251 e. The first-order chi connectivity index (χ1) is 12.7. The molecule has 0 heterocycles. The molecule has 6 nitrogen and oxygen atoms in total. The quantitative estimate of drug-likeness (QED) is 0.727. The molecule has 0 saturated carbocycles. The lowest BCUT2D eigenvalue weighted by atomic mass is 10.1. The molecule has 0 fully saturated rings. The summed E-state index contributed by atoms with van der Waals surface area (Å²) in [6, 6.07) is 14.9. The minimum absolute atomic E-state index is 0.171. The molecule has 2 aromatic carbocycles. The number of anilines is 2. The number of nitrogens with zero attached hydrogens (tertiary/aromatic N) is 1. The van der Waals surface area contributed by atoms with Gasteiger partial charge in [0.05, 0.1) is 6.26 Å². The summed E-state index contributed by atoms with van der Waals surface area (Å²) in [4.78, 5) is 14.6. The third kappa shape index (κ3) is 6.29. The molecule has 0 bridgehead atoms. The fourth-order valence-corrected chi connectivity index (χ4v) is 3.45. The largest absolute Gasteiger partial charge is 0.369 e. The lowest BCUT2D eigenvalue weighted by molar-refractivity contribution is 0.0951. The van der Waals surface area contributed by atoms with Gasteiger partial charge in [-0.15, -0.1) is 0 Å². The van der Waals surface area contributed by atoms with Crippen LogP contribution in [0.5, 0.6) is 0 Å². The number of nitrogens with one attached hydrogen (secondary N) is 2. The molecule has 0 unspecified atom stereocenters. The van der Waals surface area contributed by atoms with Crippen molar-refractivity contribution in [2.24, 2.45) is 0 Å². The summed E-state index contributed by atoms with van der Waals surface area (Å²) in [6.45, 7) is 7.59. The molecule has 0 aliphatic rings. The summed E-state index contributed by atoms with van der Waals surface area (Å²) in [7, 11) is -3.33. The van der Waals surface area contributed by atoms with Crippen molar-refractivity contribution in [1.82, 2.24) is 5.32 Å². The van der Waals surface area contributed by atoms with Gasteiger partial charge in [-0.05, 0) is 62.7 Å². The highest BCUT2D eigenvalue weighted by Crippen LogP contribution is 2.18. The minimum Gasteiger partial charge on any atom is -0.369 e. The predicted molar refractivity (Wildman–Crippen MR) is 111 cm³/mol. The Morgan fingerprint density at radius 1 is 1.11 bits per heavy atom. The van der Waals surface area contributed by atoms with E-state index in [2.05, 4.69) is 35.7 Å². The molecule has 0 aliphatic heterocycles. The van der Waals surface area contributed by atoms with Gasteiger partial charge in [-0.25, -0.2) is 8.42 Å². The molecule has 27 heavy (non-hydrogen) atoms. The first-order valence-corrected chi connectivity index (χ1v) is 10.8. The Kier molecular flexibility index (Phi) is 6.85. The van der Waals surface area contributed by atoms with Crippen LogP contribution in [0.2, 0.25) is 0 Å². The smallest absolute Gasteiger partial charge is 0.251 e. The van der Waals surface area contributed by atoms with Crippen molar-refractivity contribution in [2.75, 3.05) is 22.4 Å². The lowest BCUT2D eigenvalue weighted by Gasteiger charge is -2.27. The number of carbonyl (C=O) groups excluding carboxylic acids is 1. The number of rotatable bonds is 8. The number of sulfonamides is 1. The van der Waals surface area contributed by atoms with Crippen LogP contribution in [-0.2, 0) is 16.6 Å². The normalized spacial score (nSPS) is 11.3. The van der Waals surface area contributed by atoms with Crippen LogP contribution in [0.4, 0.5) is 11.4 Å². The van der Waals surface area contributed by atoms with Crippen LogP contribution < -0.4 is 14.9 Å². The van der Waals surface area contributed by atoms with Crippen molar-refractivity contribution in [3.63, 3.8) is 0 Å². The average Bonchev–Trinajstić information content (AvgIpc) is 2.59. The maximum atomic E-state index is 12.4. The van der Waals surface area contributed by atoms with E-state index in [1.807, 2.05) is 30.3 Å². The van der Waals surface area contributed by atoms with Crippen molar-refractivity contribution in [3.05, 3.63) is 59.7 Å². The van der Waals surface area contributed by atoms with E-state index in [0.29, 0.717) is 23.8 Å². The topological polar surface area (TPSA) is 78.5 Å². The highest BCUT2D eigenvalue weighted by atomic mass is 32.2. The Labute approximate surface area is 161 Å². The Morgan fingerprint density at radius 2 is 1.78 bits per heavy atom. The molecule has 0 atom stereocenters. The molecule has 146 valence electrons. The molecular weight excluding hydrogens is 362 g/mol. The molecule has 1 amide bonds. The van der Waals surface area contributed by atoms with Gasteiger partial charge < -0.3 is 10.2 Å². The second-order valence-corrected chi connectivity index (χ2v) is 8.43. The number of hydrogen-bond acceptors (Lipinski definition) is 4. The minimum atomic E-state index is -3.33. The van der Waals surface area contributed by atoms with Crippen LogP contribution in [-0.4, -0.2) is 33.2 Å². The number of carbonyl (C=O) groups is 1. The van der Waals surface area contributed by atoms with Crippen molar-refractivity contribution in [1.29, 1.82) is 0 Å². The molecule has 0 saturated heterocycles. The Bertz CT molecular complexity index is 878. The molecule has 0 radical (unpaired) electrons. The molecule has 7 heteroatoms. The van der Waals surface area contributed by atoms with E-state index >= 15 is 0 Å². The highest BCUT2D eigenvalue weighted by Gasteiger charge is 2.10. The van der Waals surface area contributed by atoms with Gasteiger partial charge in [0.2, 0.25) is 10.0 Å². The summed E-state index contributed by atoms with van der Waals surface area (Å²) in [5.41, 5.74) is 2.96. The maximum absolute atomic E-state index is 12.4. The fourth-order valence-electron chi connectivity index (χ4n) is 2.89. The van der Waals surface area contributed by atoms with Crippen LogP contribution in [0.3, 0.4) is 0 Å². The zero-order valence-electron chi connectivity index (χ0n) is 16.2. The summed E-state index contributed by atoms with van der Waals surface area (Å²) in [5, 5.41) is 2.86. The van der Waals surface area contributed by atoms with Crippen molar-refractivity contribution in [3.8, 4) is 0 Å². The number of hydrogen-bond donors (Lipinski definition) is 2. The third-order valence-corrected chi connectivity index (χ3v) is 4.71. The van der Waals surface area contributed by atoms with Gasteiger partial charge in [0.1, 0.15) is 0 Å². The van der Waals surface area contributed by atoms with Crippen molar-refractivity contribution < 1.29 is 13.2 Å². The average molecular weight is 390 g/mol. The predicted octanol–water partition coefficient (Wildman–Crippen LogP) is 3.22. The van der Waals surface area contributed by atoms with E-state index in [9.17, 15) is 13.2 Å². The van der Waals surface area contributed by atoms with Crippen LogP contribution >= 0.6 is 0 Å². The molecular formula is C20H27N3O3S. The zero-order valence-corrected chi connectivity index (χ0v) is 17.0.